The number of nitriles is 1. The van der Waals surface area contributed by atoms with Crippen molar-refractivity contribution in [2.45, 2.75) is 13.5 Å². The van der Waals surface area contributed by atoms with Gasteiger partial charge in [-0.05, 0) is 29.8 Å². The van der Waals surface area contributed by atoms with Crippen molar-refractivity contribution in [1.82, 2.24) is 4.57 Å². The summed E-state index contributed by atoms with van der Waals surface area (Å²) in [5.74, 6) is 0.0476. The SMILES string of the molecule is CC(=O)c1cccn1Cc1cccc(C#N)c1. The van der Waals surface area contributed by atoms with Crippen LogP contribution in [-0.4, -0.2) is 10.4 Å². The molecule has 0 atom stereocenters. The first kappa shape index (κ1) is 11.2. The molecule has 17 heavy (non-hydrogen) atoms. The number of Topliss-reactive ketones (excluding diaryl/α,β-unsaturated/α-hetero) is 1. The number of ketones is 1. The summed E-state index contributed by atoms with van der Waals surface area (Å²) in [6, 6.07) is 13.2. The molecule has 0 saturated heterocycles. The molecule has 1 heterocycles. The molecule has 3 heteroatoms. The molecule has 0 N–H and O–H groups in total. The zero-order valence-corrected chi connectivity index (χ0v) is 9.55. The Kier molecular flexibility index (Phi) is 3.06. The second-order valence-corrected chi connectivity index (χ2v) is 3.89. The highest BCUT2D eigenvalue weighted by molar-refractivity contribution is 5.92. The third kappa shape index (κ3) is 2.43. The van der Waals surface area contributed by atoms with Crippen molar-refractivity contribution in [1.29, 1.82) is 5.26 Å². The molecule has 1 aromatic carbocycles. The number of carbonyl (C=O) groups excluding carboxylic acids is 1. The Hall–Kier alpha value is -2.34. The van der Waals surface area contributed by atoms with Gasteiger partial charge in [-0.1, -0.05) is 12.1 Å². The van der Waals surface area contributed by atoms with E-state index in [0.29, 0.717) is 17.8 Å². The summed E-state index contributed by atoms with van der Waals surface area (Å²) >= 11 is 0. The van der Waals surface area contributed by atoms with Gasteiger partial charge in [-0.15, -0.1) is 0 Å². The van der Waals surface area contributed by atoms with Crippen LogP contribution in [0.5, 0.6) is 0 Å². The fourth-order valence-corrected chi connectivity index (χ4v) is 1.81. The molecule has 84 valence electrons. The highest BCUT2D eigenvalue weighted by atomic mass is 16.1. The van der Waals surface area contributed by atoms with Crippen LogP contribution in [0.4, 0.5) is 0 Å². The minimum atomic E-state index is 0.0476. The molecule has 0 saturated carbocycles. The Balaban J connectivity index is 2.29. The van der Waals surface area contributed by atoms with Crippen LogP contribution in [-0.2, 0) is 6.54 Å². The average Bonchev–Trinajstić information content (AvgIpc) is 2.77. The summed E-state index contributed by atoms with van der Waals surface area (Å²) in [6.45, 7) is 2.16. The van der Waals surface area contributed by atoms with E-state index in [-0.39, 0.29) is 5.78 Å². The normalized spacial score (nSPS) is 9.88. The summed E-state index contributed by atoms with van der Waals surface area (Å²) in [7, 11) is 0. The van der Waals surface area contributed by atoms with Gasteiger partial charge < -0.3 is 4.57 Å². The Morgan fingerprint density at radius 2 is 2.18 bits per heavy atom. The predicted octanol–water partition coefficient (Wildman–Crippen LogP) is 2.61. The molecule has 0 aliphatic heterocycles. The van der Waals surface area contributed by atoms with E-state index in [1.165, 1.54) is 0 Å². The van der Waals surface area contributed by atoms with Crippen molar-refractivity contribution < 1.29 is 4.79 Å². The molecule has 0 radical (unpaired) electrons. The maximum Gasteiger partial charge on any atom is 0.176 e. The van der Waals surface area contributed by atoms with E-state index >= 15 is 0 Å². The van der Waals surface area contributed by atoms with E-state index < -0.39 is 0 Å². The van der Waals surface area contributed by atoms with Gasteiger partial charge in [0.15, 0.2) is 5.78 Å². The lowest BCUT2D eigenvalue weighted by atomic mass is 10.1. The maximum atomic E-state index is 11.4. The standard InChI is InChI=1S/C14H12N2O/c1-11(17)14-6-3-7-16(14)10-13-5-2-4-12(8-13)9-15/h2-8H,10H2,1H3. The molecule has 0 bridgehead atoms. The van der Waals surface area contributed by atoms with Crippen LogP contribution in [0.25, 0.3) is 0 Å². The fraction of sp³-hybridized carbons (Fsp3) is 0.143. The molecule has 2 rings (SSSR count). The van der Waals surface area contributed by atoms with Gasteiger partial charge in [0.2, 0.25) is 0 Å². The van der Waals surface area contributed by atoms with Crippen LogP contribution in [0.2, 0.25) is 0 Å². The smallest absolute Gasteiger partial charge is 0.176 e. The van der Waals surface area contributed by atoms with Crippen LogP contribution < -0.4 is 0 Å². The van der Waals surface area contributed by atoms with Crippen molar-refractivity contribution in [2.75, 3.05) is 0 Å². The third-order valence-electron chi connectivity index (χ3n) is 2.60. The Labute approximate surface area is 99.9 Å². The Morgan fingerprint density at radius 1 is 1.35 bits per heavy atom. The largest absolute Gasteiger partial charge is 0.341 e. The monoisotopic (exact) mass is 224 g/mol. The average molecular weight is 224 g/mol. The predicted molar refractivity (Wildman–Crippen MR) is 64.7 cm³/mol. The Bertz CT molecular complexity index is 590. The first-order valence-electron chi connectivity index (χ1n) is 5.36. The van der Waals surface area contributed by atoms with Gasteiger partial charge >= 0.3 is 0 Å². The topological polar surface area (TPSA) is 45.8 Å². The zero-order chi connectivity index (χ0) is 12.3. The van der Waals surface area contributed by atoms with Gasteiger partial charge in [0.05, 0.1) is 17.3 Å². The van der Waals surface area contributed by atoms with Crippen LogP contribution in [0.1, 0.15) is 28.5 Å². The molecular weight excluding hydrogens is 212 g/mol. The van der Waals surface area contributed by atoms with E-state index in [0.717, 1.165) is 5.56 Å². The summed E-state index contributed by atoms with van der Waals surface area (Å²) in [4.78, 5) is 11.4. The van der Waals surface area contributed by atoms with Gasteiger partial charge in [0.1, 0.15) is 0 Å². The second-order valence-electron chi connectivity index (χ2n) is 3.89. The lowest BCUT2D eigenvalue weighted by Gasteiger charge is -2.07. The molecule has 0 unspecified atom stereocenters. The van der Waals surface area contributed by atoms with E-state index in [1.807, 2.05) is 35.0 Å². The van der Waals surface area contributed by atoms with E-state index in [9.17, 15) is 4.79 Å². The molecule has 1 aromatic heterocycles. The van der Waals surface area contributed by atoms with Gasteiger partial charge in [0, 0.05) is 19.7 Å². The zero-order valence-electron chi connectivity index (χ0n) is 9.55. The summed E-state index contributed by atoms with van der Waals surface area (Å²) < 4.78 is 1.89. The molecule has 2 aromatic rings. The minimum absolute atomic E-state index is 0.0476. The number of hydrogen-bond donors (Lipinski definition) is 0. The summed E-state index contributed by atoms with van der Waals surface area (Å²) in [6.07, 6.45) is 1.87. The summed E-state index contributed by atoms with van der Waals surface area (Å²) in [5, 5.41) is 8.82. The number of benzene rings is 1. The van der Waals surface area contributed by atoms with Crippen molar-refractivity contribution in [3.63, 3.8) is 0 Å². The van der Waals surface area contributed by atoms with Crippen molar-refractivity contribution in [3.8, 4) is 6.07 Å². The number of hydrogen-bond acceptors (Lipinski definition) is 2. The van der Waals surface area contributed by atoms with E-state index in [2.05, 4.69) is 6.07 Å². The molecule has 0 fully saturated rings. The van der Waals surface area contributed by atoms with Gasteiger partial charge in [-0.3, -0.25) is 4.79 Å². The fourth-order valence-electron chi connectivity index (χ4n) is 1.81. The second kappa shape index (κ2) is 4.67. The first-order valence-corrected chi connectivity index (χ1v) is 5.36. The number of carbonyl (C=O) groups is 1. The van der Waals surface area contributed by atoms with Gasteiger partial charge in [-0.25, -0.2) is 0 Å². The quantitative estimate of drug-likeness (QED) is 0.752. The van der Waals surface area contributed by atoms with E-state index in [1.54, 1.807) is 19.1 Å². The first-order chi connectivity index (χ1) is 8.20. The molecule has 0 amide bonds. The van der Waals surface area contributed by atoms with Gasteiger partial charge in [0.25, 0.3) is 0 Å². The van der Waals surface area contributed by atoms with Crippen molar-refractivity contribution in [3.05, 3.63) is 59.4 Å². The van der Waals surface area contributed by atoms with Gasteiger partial charge in [-0.2, -0.15) is 5.26 Å². The number of rotatable bonds is 3. The van der Waals surface area contributed by atoms with Crippen LogP contribution >= 0.6 is 0 Å². The van der Waals surface area contributed by atoms with Crippen molar-refractivity contribution in [2.24, 2.45) is 0 Å². The lowest BCUT2D eigenvalue weighted by molar-refractivity contribution is 0.100. The highest BCUT2D eigenvalue weighted by Gasteiger charge is 2.06. The molecule has 0 aliphatic carbocycles. The summed E-state index contributed by atoms with van der Waals surface area (Å²) in [5.41, 5.74) is 2.34. The van der Waals surface area contributed by atoms with Crippen LogP contribution in [0, 0.1) is 11.3 Å². The Morgan fingerprint density at radius 3 is 2.88 bits per heavy atom. The molecule has 3 nitrogen and oxygen atoms in total. The minimum Gasteiger partial charge on any atom is -0.341 e. The number of aromatic nitrogens is 1. The maximum absolute atomic E-state index is 11.4. The van der Waals surface area contributed by atoms with Crippen LogP contribution in [0.15, 0.2) is 42.6 Å². The lowest BCUT2D eigenvalue weighted by Crippen LogP contribution is -2.06. The van der Waals surface area contributed by atoms with E-state index in [4.69, 9.17) is 5.26 Å². The number of nitrogens with zero attached hydrogens (tertiary/aromatic N) is 2. The van der Waals surface area contributed by atoms with Crippen LogP contribution in [0.3, 0.4) is 0 Å². The molecule has 0 aliphatic rings. The van der Waals surface area contributed by atoms with Crippen molar-refractivity contribution >= 4 is 5.78 Å². The molecular formula is C14H12N2O. The highest BCUT2D eigenvalue weighted by Crippen LogP contribution is 2.10. The third-order valence-corrected chi connectivity index (χ3v) is 2.60. The molecule has 0 spiro atoms.